The van der Waals surface area contributed by atoms with Gasteiger partial charge in [-0.25, -0.2) is 4.39 Å². The van der Waals surface area contributed by atoms with Gasteiger partial charge >= 0.3 is 0 Å². The second-order valence-corrected chi connectivity index (χ2v) is 5.89. The highest BCUT2D eigenvalue weighted by molar-refractivity contribution is 6.00. The number of hydrogen-bond donors (Lipinski definition) is 1. The number of carbonyl (C=O) groups excluding carboxylic acids is 1. The maximum absolute atomic E-state index is 13.3. The molecule has 1 heterocycles. The summed E-state index contributed by atoms with van der Waals surface area (Å²) in [5.74, 6) is 0.0259. The number of aromatic hydroxyl groups is 1. The van der Waals surface area contributed by atoms with Gasteiger partial charge in [0.1, 0.15) is 17.3 Å². The van der Waals surface area contributed by atoms with Crippen LogP contribution in [0.25, 0.3) is 0 Å². The Kier molecular flexibility index (Phi) is 3.94. The van der Waals surface area contributed by atoms with Crippen molar-refractivity contribution in [2.24, 2.45) is 0 Å². The number of nitrogens with zero attached hydrogens (tertiary/aromatic N) is 1. The molecule has 120 valence electrons. The van der Waals surface area contributed by atoms with Crippen LogP contribution >= 0.6 is 0 Å². The Balaban J connectivity index is 1.95. The number of fused-ring (bicyclic) bond motifs is 1. The van der Waals surface area contributed by atoms with Crippen LogP contribution in [0.2, 0.25) is 0 Å². The van der Waals surface area contributed by atoms with E-state index >= 15 is 0 Å². The maximum atomic E-state index is 13.3. The Morgan fingerprint density at radius 3 is 2.74 bits per heavy atom. The molecule has 0 bridgehead atoms. The molecule has 2 aromatic rings. The molecule has 1 N–H and O–H groups in total. The molecule has 4 nitrogen and oxygen atoms in total. The van der Waals surface area contributed by atoms with E-state index in [4.69, 9.17) is 4.74 Å². The SMILES string of the molecule is CC(C)N1C(=O)C(Cc2cccc(F)c2)Oc2cc(O)ccc21. The number of ether oxygens (including phenoxy) is 1. The van der Waals surface area contributed by atoms with E-state index in [-0.39, 0.29) is 29.9 Å². The van der Waals surface area contributed by atoms with Gasteiger partial charge in [-0.3, -0.25) is 4.79 Å². The van der Waals surface area contributed by atoms with Crippen LogP contribution in [0.1, 0.15) is 19.4 Å². The summed E-state index contributed by atoms with van der Waals surface area (Å²) in [7, 11) is 0. The average Bonchev–Trinajstić information content (AvgIpc) is 2.48. The smallest absolute Gasteiger partial charge is 0.268 e. The molecule has 0 spiro atoms. The first kappa shape index (κ1) is 15.3. The molecule has 1 unspecified atom stereocenters. The molecule has 1 atom stereocenters. The summed E-state index contributed by atoms with van der Waals surface area (Å²) >= 11 is 0. The summed E-state index contributed by atoms with van der Waals surface area (Å²) in [5.41, 5.74) is 1.33. The number of carbonyl (C=O) groups is 1. The predicted octanol–water partition coefficient (Wildman–Crippen LogP) is 3.28. The molecule has 1 aliphatic rings. The van der Waals surface area contributed by atoms with E-state index in [9.17, 15) is 14.3 Å². The standard InChI is InChI=1S/C18H18FNO3/c1-11(2)20-15-7-6-14(21)10-16(15)23-17(18(20)22)9-12-4-3-5-13(19)8-12/h3-8,10-11,17,21H,9H2,1-2H3. The summed E-state index contributed by atoms with van der Waals surface area (Å²) in [6.07, 6.45) is -0.469. The van der Waals surface area contributed by atoms with Gasteiger partial charge in [0.25, 0.3) is 5.91 Å². The summed E-state index contributed by atoms with van der Waals surface area (Å²) < 4.78 is 19.1. The number of rotatable bonds is 3. The van der Waals surface area contributed by atoms with Gasteiger partial charge in [0.2, 0.25) is 0 Å². The molecule has 2 aromatic carbocycles. The highest BCUT2D eigenvalue weighted by Crippen LogP contribution is 2.38. The fourth-order valence-electron chi connectivity index (χ4n) is 2.81. The normalized spacial score (nSPS) is 17.1. The number of benzene rings is 2. The summed E-state index contributed by atoms with van der Waals surface area (Å²) in [6.45, 7) is 3.83. The number of amides is 1. The van der Waals surface area contributed by atoms with Crippen LogP contribution in [-0.2, 0) is 11.2 Å². The first-order valence-corrected chi connectivity index (χ1v) is 7.53. The van der Waals surface area contributed by atoms with Crippen molar-refractivity contribution in [3.63, 3.8) is 0 Å². The van der Waals surface area contributed by atoms with Crippen LogP contribution in [0.5, 0.6) is 11.5 Å². The van der Waals surface area contributed by atoms with Gasteiger partial charge in [-0.05, 0) is 43.7 Å². The van der Waals surface area contributed by atoms with E-state index < -0.39 is 6.10 Å². The Labute approximate surface area is 134 Å². The van der Waals surface area contributed by atoms with Crippen molar-refractivity contribution in [3.8, 4) is 11.5 Å². The van der Waals surface area contributed by atoms with Crippen molar-refractivity contribution < 1.29 is 19.0 Å². The van der Waals surface area contributed by atoms with E-state index in [1.807, 2.05) is 13.8 Å². The summed E-state index contributed by atoms with van der Waals surface area (Å²) in [5, 5.41) is 9.66. The lowest BCUT2D eigenvalue weighted by Gasteiger charge is -2.37. The molecule has 0 aliphatic carbocycles. The number of halogens is 1. The van der Waals surface area contributed by atoms with Crippen molar-refractivity contribution in [1.29, 1.82) is 0 Å². The summed E-state index contributed by atoms with van der Waals surface area (Å²) in [6, 6.07) is 10.8. The first-order valence-electron chi connectivity index (χ1n) is 7.53. The Morgan fingerprint density at radius 2 is 2.04 bits per heavy atom. The first-order chi connectivity index (χ1) is 11.0. The number of anilines is 1. The van der Waals surface area contributed by atoms with E-state index in [2.05, 4.69) is 0 Å². The van der Waals surface area contributed by atoms with Gasteiger partial charge in [-0.15, -0.1) is 0 Å². The third-order valence-electron chi connectivity index (χ3n) is 3.81. The Morgan fingerprint density at radius 1 is 1.26 bits per heavy atom. The minimum absolute atomic E-state index is 0.0512. The van der Waals surface area contributed by atoms with Crippen molar-refractivity contribution in [2.75, 3.05) is 4.90 Å². The van der Waals surface area contributed by atoms with Crippen LogP contribution < -0.4 is 9.64 Å². The van der Waals surface area contributed by atoms with Gasteiger partial charge in [-0.1, -0.05) is 12.1 Å². The maximum Gasteiger partial charge on any atom is 0.268 e. The zero-order valence-corrected chi connectivity index (χ0v) is 13.0. The fourth-order valence-corrected chi connectivity index (χ4v) is 2.81. The van der Waals surface area contributed by atoms with Gasteiger partial charge in [0, 0.05) is 18.5 Å². The van der Waals surface area contributed by atoms with Crippen LogP contribution in [0, 0.1) is 5.82 Å². The minimum atomic E-state index is -0.742. The zero-order chi connectivity index (χ0) is 16.6. The summed E-state index contributed by atoms with van der Waals surface area (Å²) in [4.78, 5) is 14.4. The molecular weight excluding hydrogens is 297 g/mol. The number of phenols is 1. The van der Waals surface area contributed by atoms with E-state index in [1.165, 1.54) is 24.3 Å². The predicted molar refractivity (Wildman–Crippen MR) is 85.2 cm³/mol. The lowest BCUT2D eigenvalue weighted by Crippen LogP contribution is -2.49. The molecule has 1 amide bonds. The van der Waals surface area contributed by atoms with Crippen molar-refractivity contribution in [1.82, 2.24) is 0 Å². The Hall–Kier alpha value is -2.56. The molecule has 0 aromatic heterocycles. The van der Waals surface area contributed by atoms with Crippen LogP contribution in [-0.4, -0.2) is 23.2 Å². The average molecular weight is 315 g/mol. The fraction of sp³-hybridized carbons (Fsp3) is 0.278. The minimum Gasteiger partial charge on any atom is -0.508 e. The molecule has 0 fully saturated rings. The van der Waals surface area contributed by atoms with E-state index in [0.717, 1.165) is 0 Å². The third-order valence-corrected chi connectivity index (χ3v) is 3.81. The lowest BCUT2D eigenvalue weighted by molar-refractivity contribution is -0.126. The Bertz CT molecular complexity index is 745. The van der Waals surface area contributed by atoms with Crippen LogP contribution in [0.15, 0.2) is 42.5 Å². The number of hydrogen-bond acceptors (Lipinski definition) is 3. The van der Waals surface area contributed by atoms with Gasteiger partial charge in [0.05, 0.1) is 5.69 Å². The number of phenolic OH excluding ortho intramolecular Hbond substituents is 1. The molecule has 0 radical (unpaired) electrons. The van der Waals surface area contributed by atoms with E-state index in [0.29, 0.717) is 17.0 Å². The van der Waals surface area contributed by atoms with Crippen molar-refractivity contribution in [3.05, 3.63) is 53.8 Å². The monoisotopic (exact) mass is 315 g/mol. The molecule has 23 heavy (non-hydrogen) atoms. The van der Waals surface area contributed by atoms with Gasteiger partial charge < -0.3 is 14.7 Å². The second kappa shape index (κ2) is 5.91. The van der Waals surface area contributed by atoms with Crippen molar-refractivity contribution >= 4 is 11.6 Å². The molecule has 0 saturated heterocycles. The topological polar surface area (TPSA) is 49.8 Å². The molecule has 5 heteroatoms. The molecular formula is C18H18FNO3. The zero-order valence-electron chi connectivity index (χ0n) is 13.0. The quantitative estimate of drug-likeness (QED) is 0.945. The van der Waals surface area contributed by atoms with Gasteiger partial charge in [0.15, 0.2) is 6.10 Å². The second-order valence-electron chi connectivity index (χ2n) is 5.89. The third kappa shape index (κ3) is 2.99. The highest BCUT2D eigenvalue weighted by Gasteiger charge is 2.36. The van der Waals surface area contributed by atoms with Crippen LogP contribution in [0.4, 0.5) is 10.1 Å². The lowest BCUT2D eigenvalue weighted by atomic mass is 10.0. The van der Waals surface area contributed by atoms with E-state index in [1.54, 1.807) is 23.1 Å². The molecule has 3 rings (SSSR count). The molecule has 0 saturated carbocycles. The highest BCUT2D eigenvalue weighted by atomic mass is 19.1. The van der Waals surface area contributed by atoms with Crippen LogP contribution in [0.3, 0.4) is 0 Å². The van der Waals surface area contributed by atoms with Crippen molar-refractivity contribution in [2.45, 2.75) is 32.4 Å². The molecule has 1 aliphatic heterocycles. The van der Waals surface area contributed by atoms with Gasteiger partial charge in [-0.2, -0.15) is 0 Å². The largest absolute Gasteiger partial charge is 0.508 e.